The molecular formula is C15H20FNO2. The lowest BCUT2D eigenvalue weighted by molar-refractivity contribution is -0.0140. The van der Waals surface area contributed by atoms with Crippen LogP contribution >= 0.6 is 0 Å². The van der Waals surface area contributed by atoms with E-state index >= 15 is 0 Å². The van der Waals surface area contributed by atoms with E-state index < -0.39 is 11.4 Å². The van der Waals surface area contributed by atoms with Crippen molar-refractivity contribution in [2.75, 3.05) is 20.2 Å². The van der Waals surface area contributed by atoms with E-state index in [4.69, 9.17) is 4.74 Å². The lowest BCUT2D eigenvalue weighted by atomic mass is 9.83. The quantitative estimate of drug-likeness (QED) is 0.890. The summed E-state index contributed by atoms with van der Waals surface area (Å²) in [6.45, 7) is 1.94. The summed E-state index contributed by atoms with van der Waals surface area (Å²) < 4.78 is 18.8. The average Bonchev–Trinajstić information content (AvgIpc) is 2.78. The van der Waals surface area contributed by atoms with Crippen LogP contribution in [0, 0.1) is 5.82 Å². The first-order valence-electron chi connectivity index (χ1n) is 6.95. The molecule has 2 atom stereocenters. The summed E-state index contributed by atoms with van der Waals surface area (Å²) in [5.74, 6) is -0.173. The van der Waals surface area contributed by atoms with Crippen LogP contribution in [0.25, 0.3) is 0 Å². The summed E-state index contributed by atoms with van der Waals surface area (Å²) in [6.07, 6.45) is 4.01. The predicted molar refractivity (Wildman–Crippen MR) is 70.7 cm³/mol. The van der Waals surface area contributed by atoms with Crippen LogP contribution in [0.4, 0.5) is 4.39 Å². The molecule has 1 aromatic carbocycles. The molecule has 0 aliphatic carbocycles. The van der Waals surface area contributed by atoms with E-state index in [-0.39, 0.29) is 11.8 Å². The van der Waals surface area contributed by atoms with Gasteiger partial charge in [0, 0.05) is 12.6 Å². The van der Waals surface area contributed by atoms with E-state index in [1.165, 1.54) is 19.6 Å². The van der Waals surface area contributed by atoms with Gasteiger partial charge in [-0.15, -0.1) is 0 Å². The van der Waals surface area contributed by atoms with Gasteiger partial charge in [0.05, 0.1) is 7.11 Å². The molecule has 2 aliphatic rings. The Kier molecular flexibility index (Phi) is 3.23. The molecule has 0 amide bonds. The van der Waals surface area contributed by atoms with Gasteiger partial charge in [0.2, 0.25) is 0 Å². The van der Waals surface area contributed by atoms with Crippen molar-refractivity contribution in [1.82, 2.24) is 4.90 Å². The molecule has 0 aromatic heterocycles. The van der Waals surface area contributed by atoms with Gasteiger partial charge in [-0.1, -0.05) is 12.5 Å². The molecule has 0 radical (unpaired) electrons. The molecule has 0 spiro atoms. The van der Waals surface area contributed by atoms with Crippen LogP contribution in [0.15, 0.2) is 18.2 Å². The second-order valence-corrected chi connectivity index (χ2v) is 5.57. The van der Waals surface area contributed by atoms with Crippen molar-refractivity contribution in [2.24, 2.45) is 0 Å². The highest BCUT2D eigenvalue weighted by molar-refractivity contribution is 5.34. The molecule has 19 heavy (non-hydrogen) atoms. The van der Waals surface area contributed by atoms with E-state index in [0.29, 0.717) is 12.0 Å². The first-order chi connectivity index (χ1) is 9.15. The van der Waals surface area contributed by atoms with Gasteiger partial charge in [0.25, 0.3) is 0 Å². The lowest BCUT2D eigenvalue weighted by Crippen LogP contribution is -2.45. The van der Waals surface area contributed by atoms with Gasteiger partial charge in [0.1, 0.15) is 5.60 Å². The molecule has 104 valence electrons. The van der Waals surface area contributed by atoms with E-state index in [0.717, 1.165) is 25.9 Å². The normalized spacial score (nSPS) is 31.2. The van der Waals surface area contributed by atoms with E-state index in [1.807, 2.05) is 0 Å². The molecule has 3 nitrogen and oxygen atoms in total. The first-order valence-corrected chi connectivity index (χ1v) is 6.95. The monoisotopic (exact) mass is 265 g/mol. The Balaban J connectivity index is 1.94. The zero-order chi connectivity index (χ0) is 13.5. The molecule has 2 saturated heterocycles. The van der Waals surface area contributed by atoms with Gasteiger partial charge in [-0.05, 0) is 43.5 Å². The molecule has 2 fully saturated rings. The number of fused-ring (bicyclic) bond motifs is 1. The smallest absolute Gasteiger partial charge is 0.165 e. The zero-order valence-corrected chi connectivity index (χ0v) is 11.2. The van der Waals surface area contributed by atoms with Gasteiger partial charge < -0.3 is 9.84 Å². The number of hydrogen-bond acceptors (Lipinski definition) is 3. The third-order valence-electron chi connectivity index (χ3n) is 4.60. The number of nitrogens with zero attached hydrogens (tertiary/aromatic N) is 1. The highest BCUT2D eigenvalue weighted by atomic mass is 19.1. The molecule has 2 heterocycles. The molecule has 1 N–H and O–H groups in total. The highest BCUT2D eigenvalue weighted by Crippen LogP contribution is 2.42. The van der Waals surface area contributed by atoms with Crippen molar-refractivity contribution in [2.45, 2.75) is 37.3 Å². The zero-order valence-electron chi connectivity index (χ0n) is 11.2. The summed E-state index contributed by atoms with van der Waals surface area (Å²) in [6, 6.07) is 4.96. The van der Waals surface area contributed by atoms with Crippen LogP contribution in [0.1, 0.15) is 31.2 Å². The summed E-state index contributed by atoms with van der Waals surface area (Å²) >= 11 is 0. The highest BCUT2D eigenvalue weighted by Gasteiger charge is 2.47. The maximum atomic E-state index is 13.8. The molecular weight excluding hydrogens is 245 g/mol. The Morgan fingerprint density at radius 1 is 1.37 bits per heavy atom. The Labute approximate surface area is 113 Å². The van der Waals surface area contributed by atoms with Crippen molar-refractivity contribution in [3.05, 3.63) is 29.6 Å². The fourth-order valence-corrected chi connectivity index (χ4v) is 3.55. The van der Waals surface area contributed by atoms with Crippen LogP contribution in [-0.4, -0.2) is 36.2 Å². The van der Waals surface area contributed by atoms with Gasteiger partial charge >= 0.3 is 0 Å². The molecule has 0 bridgehead atoms. The summed E-state index contributed by atoms with van der Waals surface area (Å²) in [4.78, 5) is 2.34. The van der Waals surface area contributed by atoms with Gasteiger partial charge in [-0.2, -0.15) is 0 Å². The fraction of sp³-hybridized carbons (Fsp3) is 0.600. The summed E-state index contributed by atoms with van der Waals surface area (Å²) in [5, 5.41) is 11.0. The molecule has 0 saturated carbocycles. The van der Waals surface area contributed by atoms with E-state index in [2.05, 4.69) is 4.90 Å². The molecule has 4 heteroatoms. The van der Waals surface area contributed by atoms with Crippen molar-refractivity contribution in [3.8, 4) is 5.75 Å². The van der Waals surface area contributed by atoms with Crippen LogP contribution < -0.4 is 4.74 Å². The van der Waals surface area contributed by atoms with Gasteiger partial charge in [-0.25, -0.2) is 4.39 Å². The number of ether oxygens (including phenoxy) is 1. The molecule has 2 unspecified atom stereocenters. The largest absolute Gasteiger partial charge is 0.494 e. The summed E-state index contributed by atoms with van der Waals surface area (Å²) in [5.41, 5.74) is -0.228. The number of benzene rings is 1. The van der Waals surface area contributed by atoms with Crippen molar-refractivity contribution in [1.29, 1.82) is 0 Å². The Morgan fingerprint density at radius 2 is 2.21 bits per heavy atom. The van der Waals surface area contributed by atoms with Gasteiger partial charge in [-0.3, -0.25) is 4.90 Å². The average molecular weight is 265 g/mol. The Bertz CT molecular complexity index is 479. The van der Waals surface area contributed by atoms with Crippen LogP contribution in [0.2, 0.25) is 0 Å². The van der Waals surface area contributed by atoms with Gasteiger partial charge in [0.15, 0.2) is 11.6 Å². The topological polar surface area (TPSA) is 32.7 Å². The predicted octanol–water partition coefficient (Wildman–Crippen LogP) is 2.28. The minimum atomic E-state index is -0.909. The number of hydrogen-bond donors (Lipinski definition) is 1. The number of piperidine rings is 1. The Hall–Kier alpha value is -1.13. The fourth-order valence-electron chi connectivity index (χ4n) is 3.55. The number of halogens is 1. The molecule has 3 rings (SSSR count). The summed E-state index contributed by atoms with van der Waals surface area (Å²) in [7, 11) is 1.45. The first kappa shape index (κ1) is 12.9. The van der Waals surface area contributed by atoms with Crippen LogP contribution in [0.5, 0.6) is 5.75 Å². The second kappa shape index (κ2) is 4.76. The van der Waals surface area contributed by atoms with Crippen LogP contribution in [0.3, 0.4) is 0 Å². The standard InChI is InChI=1S/C15H20FNO2/c1-19-13-6-5-11(10-12(13)16)15(18)7-9-17-8-3-2-4-14(15)17/h5-6,10,14,18H,2-4,7-9H2,1H3. The molecule has 2 aliphatic heterocycles. The minimum absolute atomic E-state index is 0.133. The second-order valence-electron chi connectivity index (χ2n) is 5.57. The number of rotatable bonds is 2. The maximum absolute atomic E-state index is 13.8. The third-order valence-corrected chi connectivity index (χ3v) is 4.60. The molecule has 1 aromatic rings. The maximum Gasteiger partial charge on any atom is 0.165 e. The Morgan fingerprint density at radius 3 is 2.95 bits per heavy atom. The lowest BCUT2D eigenvalue weighted by Gasteiger charge is -2.37. The van der Waals surface area contributed by atoms with Crippen molar-refractivity contribution >= 4 is 0 Å². The number of methoxy groups -OCH3 is 1. The van der Waals surface area contributed by atoms with Crippen LogP contribution in [-0.2, 0) is 5.60 Å². The van der Waals surface area contributed by atoms with E-state index in [1.54, 1.807) is 12.1 Å². The van der Waals surface area contributed by atoms with E-state index in [9.17, 15) is 9.50 Å². The third kappa shape index (κ3) is 2.03. The van der Waals surface area contributed by atoms with Crippen molar-refractivity contribution < 1.29 is 14.2 Å². The van der Waals surface area contributed by atoms with Crippen molar-refractivity contribution in [3.63, 3.8) is 0 Å². The number of aliphatic hydroxyl groups is 1. The minimum Gasteiger partial charge on any atom is -0.494 e. The SMILES string of the molecule is COc1ccc(C2(O)CCN3CCCCC32)cc1F.